The Kier molecular flexibility index (Phi) is 6.93. The standard InChI is InChI=1S/C25H33NO2/c1-26(2)18-16-24(21-9-5-4-6-10-21)25(27)17-8-7-11-22(25)19-20-12-14-23(28-3)15-13-20/h4-6,9-10,12-15,19,24,27H,7-8,11,16-18H2,1-3H3. The lowest BCUT2D eigenvalue weighted by molar-refractivity contribution is 0.0202. The van der Waals surface area contributed by atoms with Gasteiger partial charge in [-0.05, 0) is 81.6 Å². The van der Waals surface area contributed by atoms with E-state index in [-0.39, 0.29) is 5.92 Å². The lowest BCUT2D eigenvalue weighted by atomic mass is 9.68. The van der Waals surface area contributed by atoms with Crippen LogP contribution in [0.4, 0.5) is 0 Å². The van der Waals surface area contributed by atoms with E-state index in [1.54, 1.807) is 7.11 Å². The van der Waals surface area contributed by atoms with E-state index >= 15 is 0 Å². The molecule has 3 nitrogen and oxygen atoms in total. The molecule has 0 radical (unpaired) electrons. The number of nitrogens with zero attached hydrogens (tertiary/aromatic N) is 1. The summed E-state index contributed by atoms with van der Waals surface area (Å²) in [5.74, 6) is 0.954. The average Bonchev–Trinajstić information content (AvgIpc) is 2.71. The van der Waals surface area contributed by atoms with Crippen molar-refractivity contribution in [1.29, 1.82) is 0 Å². The van der Waals surface area contributed by atoms with Crippen LogP contribution in [0, 0.1) is 0 Å². The van der Waals surface area contributed by atoms with Gasteiger partial charge < -0.3 is 14.7 Å². The van der Waals surface area contributed by atoms with Crippen molar-refractivity contribution in [3.63, 3.8) is 0 Å². The Hall–Kier alpha value is -2.10. The molecule has 2 atom stereocenters. The van der Waals surface area contributed by atoms with Crippen LogP contribution in [0.3, 0.4) is 0 Å². The molecule has 3 heteroatoms. The number of hydrogen-bond donors (Lipinski definition) is 1. The molecule has 1 N–H and O–H groups in total. The van der Waals surface area contributed by atoms with Gasteiger partial charge in [0.15, 0.2) is 0 Å². The minimum absolute atomic E-state index is 0.0981. The maximum absolute atomic E-state index is 12.0. The second-order valence-electron chi connectivity index (χ2n) is 8.13. The largest absolute Gasteiger partial charge is 0.497 e. The van der Waals surface area contributed by atoms with Crippen LogP contribution in [0.15, 0.2) is 60.2 Å². The van der Waals surface area contributed by atoms with Gasteiger partial charge in [0, 0.05) is 5.92 Å². The van der Waals surface area contributed by atoms with E-state index in [2.05, 4.69) is 61.5 Å². The van der Waals surface area contributed by atoms with Gasteiger partial charge in [-0.15, -0.1) is 0 Å². The smallest absolute Gasteiger partial charge is 0.118 e. The molecular weight excluding hydrogens is 346 g/mol. The predicted octanol–water partition coefficient (Wildman–Crippen LogP) is 5.12. The molecule has 150 valence electrons. The third kappa shape index (κ3) is 4.84. The molecule has 0 spiro atoms. The lowest BCUT2D eigenvalue weighted by Crippen LogP contribution is -2.41. The maximum atomic E-state index is 12.0. The summed E-state index contributed by atoms with van der Waals surface area (Å²) in [4.78, 5) is 2.20. The Balaban J connectivity index is 1.97. The molecule has 0 bridgehead atoms. The molecular formula is C25H33NO2. The van der Waals surface area contributed by atoms with Crippen LogP contribution in [-0.4, -0.2) is 43.4 Å². The molecule has 1 aliphatic carbocycles. The fourth-order valence-corrected chi connectivity index (χ4v) is 4.34. The Morgan fingerprint density at radius 2 is 1.79 bits per heavy atom. The first-order valence-electron chi connectivity index (χ1n) is 10.3. The van der Waals surface area contributed by atoms with Crippen molar-refractivity contribution >= 4 is 6.08 Å². The molecule has 28 heavy (non-hydrogen) atoms. The SMILES string of the molecule is COc1ccc(C=C2CCCCC2(O)C(CCN(C)C)c2ccccc2)cc1. The van der Waals surface area contributed by atoms with Crippen LogP contribution in [0.5, 0.6) is 5.75 Å². The van der Waals surface area contributed by atoms with Crippen molar-refractivity contribution in [3.05, 3.63) is 71.3 Å². The van der Waals surface area contributed by atoms with Gasteiger partial charge in [-0.2, -0.15) is 0 Å². The van der Waals surface area contributed by atoms with Crippen molar-refractivity contribution in [2.75, 3.05) is 27.7 Å². The van der Waals surface area contributed by atoms with Crippen molar-refractivity contribution < 1.29 is 9.84 Å². The van der Waals surface area contributed by atoms with Crippen LogP contribution >= 0.6 is 0 Å². The molecule has 0 saturated heterocycles. The number of aliphatic hydroxyl groups is 1. The highest BCUT2D eigenvalue weighted by Crippen LogP contribution is 2.45. The van der Waals surface area contributed by atoms with Gasteiger partial charge >= 0.3 is 0 Å². The number of benzene rings is 2. The summed E-state index contributed by atoms with van der Waals surface area (Å²) in [5, 5.41) is 12.0. The van der Waals surface area contributed by atoms with E-state index in [1.165, 1.54) is 5.56 Å². The van der Waals surface area contributed by atoms with Crippen LogP contribution in [-0.2, 0) is 0 Å². The quantitative estimate of drug-likeness (QED) is 0.725. The molecule has 1 aliphatic rings. The van der Waals surface area contributed by atoms with Crippen molar-refractivity contribution in [1.82, 2.24) is 4.90 Å². The number of ether oxygens (including phenoxy) is 1. The van der Waals surface area contributed by atoms with E-state index in [0.29, 0.717) is 0 Å². The Labute approximate surface area is 169 Å². The highest BCUT2D eigenvalue weighted by molar-refractivity contribution is 5.57. The van der Waals surface area contributed by atoms with E-state index in [9.17, 15) is 5.11 Å². The van der Waals surface area contributed by atoms with Crippen molar-refractivity contribution in [2.24, 2.45) is 0 Å². The molecule has 2 unspecified atom stereocenters. The van der Waals surface area contributed by atoms with Crippen LogP contribution in [0.2, 0.25) is 0 Å². The summed E-state index contributed by atoms with van der Waals surface area (Å²) in [6.45, 7) is 0.956. The highest BCUT2D eigenvalue weighted by Gasteiger charge is 2.41. The zero-order chi connectivity index (χ0) is 20.0. The summed E-state index contributed by atoms with van der Waals surface area (Å²) < 4.78 is 5.28. The number of rotatable bonds is 7. The van der Waals surface area contributed by atoms with Crippen LogP contribution < -0.4 is 4.74 Å². The van der Waals surface area contributed by atoms with E-state index < -0.39 is 5.60 Å². The molecule has 1 saturated carbocycles. The predicted molar refractivity (Wildman–Crippen MR) is 117 cm³/mol. The minimum atomic E-state index is -0.796. The third-order valence-corrected chi connectivity index (χ3v) is 5.91. The fourth-order valence-electron chi connectivity index (χ4n) is 4.34. The van der Waals surface area contributed by atoms with Gasteiger partial charge in [0.2, 0.25) is 0 Å². The van der Waals surface area contributed by atoms with Gasteiger partial charge in [-0.3, -0.25) is 0 Å². The molecule has 0 aliphatic heterocycles. The van der Waals surface area contributed by atoms with E-state index in [1.807, 2.05) is 18.2 Å². The molecule has 0 heterocycles. The van der Waals surface area contributed by atoms with Gasteiger partial charge in [0.25, 0.3) is 0 Å². The zero-order valence-electron chi connectivity index (χ0n) is 17.4. The highest BCUT2D eigenvalue weighted by atomic mass is 16.5. The van der Waals surface area contributed by atoms with Gasteiger partial charge in [-0.25, -0.2) is 0 Å². The monoisotopic (exact) mass is 379 g/mol. The van der Waals surface area contributed by atoms with E-state index in [4.69, 9.17) is 4.74 Å². The average molecular weight is 380 g/mol. The summed E-state index contributed by atoms with van der Waals surface area (Å²) in [7, 11) is 5.88. The normalized spacial score (nSPS) is 22.4. The maximum Gasteiger partial charge on any atom is 0.118 e. The summed E-state index contributed by atoms with van der Waals surface area (Å²) in [5.41, 5.74) is 2.72. The molecule has 0 amide bonds. The number of hydrogen-bond acceptors (Lipinski definition) is 3. The lowest BCUT2D eigenvalue weighted by Gasteiger charge is -2.42. The van der Waals surface area contributed by atoms with Gasteiger partial charge in [-0.1, -0.05) is 48.5 Å². The number of methoxy groups -OCH3 is 1. The Morgan fingerprint density at radius 3 is 2.43 bits per heavy atom. The zero-order valence-corrected chi connectivity index (χ0v) is 17.4. The Bertz CT molecular complexity index is 767. The second kappa shape index (κ2) is 9.40. The first-order chi connectivity index (χ1) is 13.5. The van der Waals surface area contributed by atoms with Crippen LogP contribution in [0.1, 0.15) is 49.1 Å². The minimum Gasteiger partial charge on any atom is -0.497 e. The van der Waals surface area contributed by atoms with Gasteiger partial charge in [0.05, 0.1) is 12.7 Å². The summed E-state index contributed by atoms with van der Waals surface area (Å²) in [6, 6.07) is 18.6. The fraction of sp³-hybridized carbons (Fsp3) is 0.440. The topological polar surface area (TPSA) is 32.7 Å². The van der Waals surface area contributed by atoms with Gasteiger partial charge in [0.1, 0.15) is 5.75 Å². The molecule has 0 aromatic heterocycles. The van der Waals surface area contributed by atoms with E-state index in [0.717, 1.165) is 55.5 Å². The third-order valence-electron chi connectivity index (χ3n) is 5.91. The molecule has 2 aromatic carbocycles. The molecule has 1 fully saturated rings. The second-order valence-corrected chi connectivity index (χ2v) is 8.13. The Morgan fingerprint density at radius 1 is 1.07 bits per heavy atom. The van der Waals surface area contributed by atoms with Crippen LogP contribution in [0.25, 0.3) is 6.08 Å². The first kappa shape index (κ1) is 20.6. The molecule has 2 aromatic rings. The van der Waals surface area contributed by atoms with Crippen molar-refractivity contribution in [3.8, 4) is 5.75 Å². The summed E-state index contributed by atoms with van der Waals surface area (Å²) >= 11 is 0. The first-order valence-corrected chi connectivity index (χ1v) is 10.3. The summed E-state index contributed by atoms with van der Waals surface area (Å²) in [6.07, 6.45) is 7.12. The van der Waals surface area contributed by atoms with Crippen molar-refractivity contribution in [2.45, 2.75) is 43.6 Å². The molecule has 3 rings (SSSR count).